The lowest BCUT2D eigenvalue weighted by molar-refractivity contribution is -0.131. The third-order valence-corrected chi connectivity index (χ3v) is 4.98. The van der Waals surface area contributed by atoms with E-state index in [1.165, 1.54) is 32.1 Å². The summed E-state index contributed by atoms with van der Waals surface area (Å²) in [5.74, 6) is -0.00843. The molecule has 2 saturated carbocycles. The summed E-state index contributed by atoms with van der Waals surface area (Å²) in [4.78, 5) is 12.3. The Bertz CT molecular complexity index is 369. The van der Waals surface area contributed by atoms with Crippen molar-refractivity contribution in [3.8, 4) is 0 Å². The van der Waals surface area contributed by atoms with E-state index in [1.807, 2.05) is 0 Å². The van der Waals surface area contributed by atoms with Crippen LogP contribution in [0, 0.1) is 10.8 Å². The van der Waals surface area contributed by atoms with Crippen molar-refractivity contribution in [1.82, 2.24) is 5.32 Å². The summed E-state index contributed by atoms with van der Waals surface area (Å²) in [5, 5.41) is 14.9. The highest BCUT2D eigenvalue weighted by atomic mass is 16.4. The summed E-state index contributed by atoms with van der Waals surface area (Å²) in [6.45, 7) is 2.94. The van der Waals surface area contributed by atoms with Gasteiger partial charge in [0.25, 0.3) is 0 Å². The summed E-state index contributed by atoms with van der Waals surface area (Å²) in [6, 6.07) is 0. The second kappa shape index (κ2) is 5.39. The number of amides is 1. The third-order valence-electron chi connectivity index (χ3n) is 4.98. The number of hydrogen-bond acceptors (Lipinski definition) is 3. The first-order chi connectivity index (χ1) is 9.02. The standard InChI is InChI=1S/C14H25N3O2/c1-13(6-3-2-4-7-13)10-16-12(18)14(8-5-9-14)11(15)17-19/h19H,2-10H2,1H3,(H2,15,17)(H,16,18). The van der Waals surface area contributed by atoms with Crippen molar-refractivity contribution in [3.05, 3.63) is 0 Å². The van der Waals surface area contributed by atoms with Gasteiger partial charge in [-0.15, -0.1) is 0 Å². The van der Waals surface area contributed by atoms with Gasteiger partial charge >= 0.3 is 0 Å². The molecule has 0 aromatic carbocycles. The normalized spacial score (nSPS) is 25.4. The van der Waals surface area contributed by atoms with Crippen LogP contribution in [-0.2, 0) is 4.79 Å². The van der Waals surface area contributed by atoms with Gasteiger partial charge in [-0.25, -0.2) is 0 Å². The van der Waals surface area contributed by atoms with Gasteiger partial charge in [-0.05, 0) is 31.1 Å². The molecule has 0 bridgehead atoms. The van der Waals surface area contributed by atoms with Crippen LogP contribution < -0.4 is 11.1 Å². The molecule has 5 heteroatoms. The van der Waals surface area contributed by atoms with Crippen LogP contribution in [0.5, 0.6) is 0 Å². The maximum atomic E-state index is 12.3. The van der Waals surface area contributed by atoms with Gasteiger partial charge in [-0.1, -0.05) is 37.8 Å². The minimum Gasteiger partial charge on any atom is -0.409 e. The Morgan fingerprint density at radius 3 is 2.32 bits per heavy atom. The van der Waals surface area contributed by atoms with E-state index in [2.05, 4.69) is 17.4 Å². The van der Waals surface area contributed by atoms with Gasteiger partial charge in [0.15, 0.2) is 5.84 Å². The average molecular weight is 267 g/mol. The SMILES string of the molecule is CC1(CNC(=O)C2(C(N)=NO)CCC2)CCCCC1. The summed E-state index contributed by atoms with van der Waals surface area (Å²) >= 11 is 0. The van der Waals surface area contributed by atoms with Gasteiger partial charge in [0.1, 0.15) is 5.41 Å². The maximum Gasteiger partial charge on any atom is 0.233 e. The van der Waals surface area contributed by atoms with E-state index in [1.54, 1.807) is 0 Å². The molecule has 0 aliphatic heterocycles. The van der Waals surface area contributed by atoms with Crippen LogP contribution in [0.1, 0.15) is 58.3 Å². The minimum atomic E-state index is -0.750. The van der Waals surface area contributed by atoms with Gasteiger partial charge in [-0.3, -0.25) is 4.79 Å². The highest BCUT2D eigenvalue weighted by Gasteiger charge is 2.48. The molecule has 2 aliphatic carbocycles. The Kier molecular flexibility index (Phi) is 4.02. The quantitative estimate of drug-likeness (QED) is 0.315. The number of amidine groups is 1. The predicted octanol–water partition coefficient (Wildman–Crippen LogP) is 1.99. The van der Waals surface area contributed by atoms with Crippen LogP contribution in [0.3, 0.4) is 0 Å². The Morgan fingerprint density at radius 2 is 1.84 bits per heavy atom. The zero-order valence-corrected chi connectivity index (χ0v) is 11.7. The molecule has 0 unspecified atom stereocenters. The van der Waals surface area contributed by atoms with Crippen LogP contribution in [0.2, 0.25) is 0 Å². The van der Waals surface area contributed by atoms with Gasteiger partial charge in [0, 0.05) is 6.54 Å². The van der Waals surface area contributed by atoms with E-state index in [9.17, 15) is 4.79 Å². The minimum absolute atomic E-state index is 0.0602. The van der Waals surface area contributed by atoms with Gasteiger partial charge in [-0.2, -0.15) is 0 Å². The van der Waals surface area contributed by atoms with Crippen molar-refractivity contribution in [2.24, 2.45) is 21.7 Å². The highest BCUT2D eigenvalue weighted by molar-refractivity contribution is 6.07. The lowest BCUT2D eigenvalue weighted by Gasteiger charge is -2.40. The third kappa shape index (κ3) is 2.69. The number of oxime groups is 1. The van der Waals surface area contributed by atoms with Crippen molar-refractivity contribution < 1.29 is 10.0 Å². The van der Waals surface area contributed by atoms with Gasteiger partial charge in [0.2, 0.25) is 5.91 Å². The Morgan fingerprint density at radius 1 is 1.21 bits per heavy atom. The largest absolute Gasteiger partial charge is 0.409 e. The monoisotopic (exact) mass is 267 g/mol. The lowest BCUT2D eigenvalue weighted by atomic mass is 9.67. The van der Waals surface area contributed by atoms with Crippen LogP contribution in [0.25, 0.3) is 0 Å². The smallest absolute Gasteiger partial charge is 0.233 e. The van der Waals surface area contributed by atoms with Crippen LogP contribution >= 0.6 is 0 Å². The Hall–Kier alpha value is -1.26. The molecule has 0 heterocycles. The van der Waals surface area contributed by atoms with Gasteiger partial charge in [0.05, 0.1) is 0 Å². The molecule has 2 rings (SSSR count). The van der Waals surface area contributed by atoms with Crippen molar-refractivity contribution in [2.45, 2.75) is 58.3 Å². The molecular weight excluding hydrogens is 242 g/mol. The molecule has 19 heavy (non-hydrogen) atoms. The zero-order valence-electron chi connectivity index (χ0n) is 11.7. The second-order valence-electron chi connectivity index (χ2n) is 6.47. The van der Waals surface area contributed by atoms with Crippen molar-refractivity contribution in [1.29, 1.82) is 0 Å². The summed E-state index contributed by atoms with van der Waals surface area (Å²) in [5.41, 5.74) is 5.16. The van der Waals surface area contributed by atoms with Crippen LogP contribution in [0.15, 0.2) is 5.16 Å². The number of rotatable bonds is 4. The molecule has 0 aromatic rings. The number of carbonyl (C=O) groups excluding carboxylic acids is 1. The summed E-state index contributed by atoms with van der Waals surface area (Å²) in [6.07, 6.45) is 8.47. The highest BCUT2D eigenvalue weighted by Crippen LogP contribution is 2.42. The topological polar surface area (TPSA) is 87.7 Å². The number of nitrogens with one attached hydrogen (secondary N) is 1. The van der Waals surface area contributed by atoms with Crippen LogP contribution in [-0.4, -0.2) is 23.5 Å². The number of carbonyl (C=O) groups is 1. The number of nitrogens with zero attached hydrogens (tertiary/aromatic N) is 1. The molecule has 0 saturated heterocycles. The molecule has 2 fully saturated rings. The fourth-order valence-corrected chi connectivity index (χ4v) is 3.27. The van der Waals surface area contributed by atoms with Crippen molar-refractivity contribution >= 4 is 11.7 Å². The number of hydrogen-bond donors (Lipinski definition) is 3. The van der Waals surface area contributed by atoms with E-state index in [4.69, 9.17) is 10.9 Å². The van der Waals surface area contributed by atoms with Crippen molar-refractivity contribution in [3.63, 3.8) is 0 Å². The molecule has 108 valence electrons. The first-order valence-corrected chi connectivity index (χ1v) is 7.29. The molecule has 0 aromatic heterocycles. The first-order valence-electron chi connectivity index (χ1n) is 7.29. The number of nitrogens with two attached hydrogens (primary N) is 1. The first kappa shape index (κ1) is 14.2. The second-order valence-corrected chi connectivity index (χ2v) is 6.47. The molecule has 1 amide bonds. The molecular formula is C14H25N3O2. The molecule has 2 aliphatic rings. The fourth-order valence-electron chi connectivity index (χ4n) is 3.27. The molecule has 0 atom stereocenters. The molecule has 4 N–H and O–H groups in total. The van der Waals surface area contributed by atoms with E-state index < -0.39 is 5.41 Å². The van der Waals surface area contributed by atoms with Gasteiger partial charge < -0.3 is 16.3 Å². The predicted molar refractivity (Wildman–Crippen MR) is 73.9 cm³/mol. The van der Waals surface area contributed by atoms with E-state index in [0.717, 1.165) is 6.42 Å². The van der Waals surface area contributed by atoms with E-state index in [-0.39, 0.29) is 17.2 Å². The molecule has 0 spiro atoms. The van der Waals surface area contributed by atoms with Crippen molar-refractivity contribution in [2.75, 3.05) is 6.54 Å². The fraction of sp³-hybridized carbons (Fsp3) is 0.857. The summed E-state index contributed by atoms with van der Waals surface area (Å²) < 4.78 is 0. The van der Waals surface area contributed by atoms with Crippen LogP contribution in [0.4, 0.5) is 0 Å². The average Bonchev–Trinajstić information content (AvgIpc) is 2.36. The van der Waals surface area contributed by atoms with E-state index >= 15 is 0 Å². The Labute approximate surface area is 114 Å². The summed E-state index contributed by atoms with van der Waals surface area (Å²) in [7, 11) is 0. The molecule has 5 nitrogen and oxygen atoms in total. The lowest BCUT2D eigenvalue weighted by Crippen LogP contribution is -2.55. The van der Waals surface area contributed by atoms with E-state index in [0.29, 0.717) is 19.4 Å². The Balaban J connectivity index is 1.93. The molecule has 0 radical (unpaired) electrons. The maximum absolute atomic E-state index is 12.3. The zero-order chi connectivity index (χ0) is 13.9.